The number of rotatable bonds is 1. The van der Waals surface area contributed by atoms with Crippen molar-refractivity contribution < 1.29 is 17.1 Å². The number of hydrogen-bond donors (Lipinski definition) is 0. The summed E-state index contributed by atoms with van der Waals surface area (Å²) < 4.78 is 32.8. The van der Waals surface area contributed by atoms with E-state index in [4.69, 9.17) is 0 Å². The van der Waals surface area contributed by atoms with Gasteiger partial charge in [-0.2, -0.15) is 8.42 Å². The highest BCUT2D eigenvalue weighted by atomic mass is 32.3. The Kier molecular flexibility index (Phi) is 1.87. The SMILES string of the molecule is CN1CC(S(=O)(=O)F)CC1=O. The molecule has 1 saturated heterocycles. The van der Waals surface area contributed by atoms with Crippen molar-refractivity contribution in [1.29, 1.82) is 0 Å². The molecule has 0 aromatic carbocycles. The molecular weight excluding hydrogens is 173 g/mol. The van der Waals surface area contributed by atoms with E-state index < -0.39 is 15.5 Å². The molecule has 0 aromatic heterocycles. The maximum Gasteiger partial charge on any atom is 0.307 e. The Morgan fingerprint density at radius 2 is 2.18 bits per heavy atom. The van der Waals surface area contributed by atoms with Gasteiger partial charge >= 0.3 is 10.2 Å². The number of nitrogens with zero attached hydrogens (tertiary/aromatic N) is 1. The Morgan fingerprint density at radius 3 is 2.36 bits per heavy atom. The minimum absolute atomic E-state index is 0.0301. The molecule has 64 valence electrons. The predicted molar refractivity (Wildman–Crippen MR) is 36.1 cm³/mol. The lowest BCUT2D eigenvalue weighted by Crippen LogP contribution is -2.22. The van der Waals surface area contributed by atoms with E-state index in [1.807, 2.05) is 0 Å². The van der Waals surface area contributed by atoms with Gasteiger partial charge in [-0.05, 0) is 0 Å². The summed E-state index contributed by atoms with van der Waals surface area (Å²) in [5.41, 5.74) is 0. The van der Waals surface area contributed by atoms with Gasteiger partial charge in [0.25, 0.3) is 0 Å². The number of halogens is 1. The van der Waals surface area contributed by atoms with E-state index in [1.54, 1.807) is 0 Å². The second-order valence-electron chi connectivity index (χ2n) is 2.58. The molecule has 0 bridgehead atoms. The first-order chi connectivity index (χ1) is 4.91. The number of hydrogen-bond acceptors (Lipinski definition) is 3. The summed E-state index contributed by atoms with van der Waals surface area (Å²) in [7, 11) is -3.08. The summed E-state index contributed by atoms with van der Waals surface area (Å²) in [6, 6.07) is 0. The lowest BCUT2D eigenvalue weighted by Gasteiger charge is -2.05. The third-order valence-electron chi connectivity index (χ3n) is 1.70. The molecule has 0 N–H and O–H groups in total. The van der Waals surface area contributed by atoms with Gasteiger partial charge in [0.05, 0.1) is 0 Å². The first-order valence-electron chi connectivity index (χ1n) is 3.08. The largest absolute Gasteiger partial charge is 0.344 e. The van der Waals surface area contributed by atoms with E-state index in [-0.39, 0.29) is 18.9 Å². The monoisotopic (exact) mass is 181 g/mol. The molecule has 1 amide bonds. The van der Waals surface area contributed by atoms with Crippen molar-refractivity contribution >= 4 is 16.1 Å². The van der Waals surface area contributed by atoms with E-state index in [1.165, 1.54) is 11.9 Å². The maximum absolute atomic E-state index is 12.2. The Morgan fingerprint density at radius 1 is 1.64 bits per heavy atom. The molecule has 1 aliphatic heterocycles. The van der Waals surface area contributed by atoms with Crippen molar-refractivity contribution in [2.75, 3.05) is 13.6 Å². The van der Waals surface area contributed by atoms with Gasteiger partial charge in [-0.3, -0.25) is 4.79 Å². The summed E-state index contributed by atoms with van der Waals surface area (Å²) in [6.07, 6.45) is -0.227. The number of likely N-dealkylation sites (tertiary alicyclic amines) is 1. The van der Waals surface area contributed by atoms with Crippen LogP contribution >= 0.6 is 0 Å². The number of amides is 1. The Labute approximate surface area is 64.2 Å². The van der Waals surface area contributed by atoms with Crippen LogP contribution in [-0.4, -0.2) is 38.1 Å². The molecule has 0 saturated carbocycles. The zero-order valence-electron chi connectivity index (χ0n) is 5.95. The fourth-order valence-electron chi connectivity index (χ4n) is 1.01. The van der Waals surface area contributed by atoms with Crippen LogP contribution in [0.25, 0.3) is 0 Å². The second kappa shape index (κ2) is 2.44. The Balaban J connectivity index is 2.77. The van der Waals surface area contributed by atoms with Gasteiger partial charge in [0.1, 0.15) is 5.25 Å². The second-order valence-corrected chi connectivity index (χ2v) is 4.19. The average Bonchev–Trinajstić information content (AvgIpc) is 2.11. The molecule has 0 aromatic rings. The molecule has 1 atom stereocenters. The number of carbonyl (C=O) groups excluding carboxylic acids is 1. The van der Waals surface area contributed by atoms with E-state index in [9.17, 15) is 17.1 Å². The van der Waals surface area contributed by atoms with E-state index in [2.05, 4.69) is 0 Å². The van der Waals surface area contributed by atoms with Gasteiger partial charge in [-0.15, -0.1) is 3.89 Å². The fraction of sp³-hybridized carbons (Fsp3) is 0.800. The third kappa shape index (κ3) is 1.68. The lowest BCUT2D eigenvalue weighted by atomic mass is 10.4. The molecular formula is C5H8FNO3S. The van der Waals surface area contributed by atoms with Gasteiger partial charge < -0.3 is 4.90 Å². The summed E-state index contributed by atoms with van der Waals surface area (Å²) in [5, 5.41) is -1.15. The zero-order valence-corrected chi connectivity index (χ0v) is 6.77. The van der Waals surface area contributed by atoms with E-state index in [0.29, 0.717) is 0 Å². The highest BCUT2D eigenvalue weighted by molar-refractivity contribution is 7.87. The highest BCUT2D eigenvalue weighted by Gasteiger charge is 2.36. The highest BCUT2D eigenvalue weighted by Crippen LogP contribution is 2.17. The first-order valence-corrected chi connectivity index (χ1v) is 4.53. The van der Waals surface area contributed by atoms with Crippen LogP contribution in [0.2, 0.25) is 0 Å². The molecule has 4 nitrogen and oxygen atoms in total. The van der Waals surface area contributed by atoms with Gasteiger partial charge in [-0.25, -0.2) is 0 Å². The predicted octanol–water partition coefficient (Wildman–Crippen LogP) is -0.484. The minimum atomic E-state index is -4.53. The van der Waals surface area contributed by atoms with Gasteiger partial charge in [0.2, 0.25) is 5.91 Å². The van der Waals surface area contributed by atoms with Crippen LogP contribution in [0.5, 0.6) is 0 Å². The molecule has 1 fully saturated rings. The molecule has 0 aliphatic carbocycles. The standard InChI is InChI=1S/C5H8FNO3S/c1-7-3-4(2-5(7)8)11(6,9)10/h4H,2-3H2,1H3. The molecule has 1 rings (SSSR count). The molecule has 1 aliphatic rings. The van der Waals surface area contributed by atoms with Crippen LogP contribution in [0, 0.1) is 0 Å². The Bertz CT molecular complexity index is 273. The smallest absolute Gasteiger partial charge is 0.307 e. The average molecular weight is 181 g/mol. The van der Waals surface area contributed by atoms with Gasteiger partial charge in [-0.1, -0.05) is 0 Å². The van der Waals surface area contributed by atoms with Crippen molar-refractivity contribution in [3.8, 4) is 0 Å². The molecule has 6 heteroatoms. The van der Waals surface area contributed by atoms with E-state index in [0.717, 1.165) is 0 Å². The van der Waals surface area contributed by atoms with Crippen molar-refractivity contribution in [2.24, 2.45) is 0 Å². The quantitative estimate of drug-likeness (QED) is 0.513. The van der Waals surface area contributed by atoms with Crippen LogP contribution in [-0.2, 0) is 15.0 Å². The fourth-order valence-corrected chi connectivity index (χ4v) is 1.75. The van der Waals surface area contributed by atoms with Crippen LogP contribution < -0.4 is 0 Å². The first kappa shape index (κ1) is 8.45. The third-order valence-corrected chi connectivity index (χ3v) is 2.82. The van der Waals surface area contributed by atoms with Gasteiger partial charge in [0.15, 0.2) is 0 Å². The summed E-state index contributed by atoms with van der Waals surface area (Å²) in [6.45, 7) is -0.0301. The van der Waals surface area contributed by atoms with Crippen molar-refractivity contribution in [3.63, 3.8) is 0 Å². The normalized spacial score (nSPS) is 26.2. The molecule has 0 spiro atoms. The van der Waals surface area contributed by atoms with Crippen LogP contribution in [0.15, 0.2) is 0 Å². The van der Waals surface area contributed by atoms with Crippen molar-refractivity contribution in [2.45, 2.75) is 11.7 Å². The van der Waals surface area contributed by atoms with Crippen molar-refractivity contribution in [1.82, 2.24) is 4.90 Å². The van der Waals surface area contributed by atoms with Crippen LogP contribution in [0.4, 0.5) is 3.89 Å². The van der Waals surface area contributed by atoms with Crippen LogP contribution in [0.3, 0.4) is 0 Å². The molecule has 1 unspecified atom stereocenters. The maximum atomic E-state index is 12.2. The Hall–Kier alpha value is -0.650. The van der Waals surface area contributed by atoms with Gasteiger partial charge in [0, 0.05) is 20.0 Å². The summed E-state index contributed by atoms with van der Waals surface area (Å²) >= 11 is 0. The van der Waals surface area contributed by atoms with Crippen molar-refractivity contribution in [3.05, 3.63) is 0 Å². The lowest BCUT2D eigenvalue weighted by molar-refractivity contribution is -0.126. The summed E-state index contributed by atoms with van der Waals surface area (Å²) in [4.78, 5) is 11.9. The molecule has 0 radical (unpaired) electrons. The zero-order chi connectivity index (χ0) is 8.65. The molecule has 11 heavy (non-hydrogen) atoms. The minimum Gasteiger partial charge on any atom is -0.344 e. The van der Waals surface area contributed by atoms with Crippen LogP contribution in [0.1, 0.15) is 6.42 Å². The van der Waals surface area contributed by atoms with E-state index >= 15 is 0 Å². The summed E-state index contributed by atoms with van der Waals surface area (Å²) in [5.74, 6) is -0.323. The molecule has 1 heterocycles. The number of carbonyl (C=O) groups is 1. The topological polar surface area (TPSA) is 54.5 Å².